The molecule has 1 aromatic heterocycles. The maximum atomic E-state index is 12.1. The summed E-state index contributed by atoms with van der Waals surface area (Å²) in [6, 6.07) is 8.42. The smallest absolute Gasteiger partial charge is 0.312 e. The Bertz CT molecular complexity index is 884. The maximum absolute atomic E-state index is 12.1. The average Bonchev–Trinajstić information content (AvgIpc) is 2.47. The summed E-state index contributed by atoms with van der Waals surface area (Å²) >= 11 is 0. The fourth-order valence-corrected chi connectivity index (χ4v) is 3.01. The third-order valence-corrected chi connectivity index (χ3v) is 4.03. The van der Waals surface area contributed by atoms with Gasteiger partial charge in [-0.05, 0) is 5.56 Å². The van der Waals surface area contributed by atoms with Gasteiger partial charge in [0.2, 0.25) is 10.0 Å². The van der Waals surface area contributed by atoms with E-state index in [0.29, 0.717) is 16.4 Å². The molecule has 2 N–H and O–H groups in total. The first-order chi connectivity index (χ1) is 10.4. The van der Waals surface area contributed by atoms with E-state index in [1.807, 2.05) is 0 Å². The molecule has 22 heavy (non-hydrogen) atoms. The number of carbonyl (C=O) groups excluding carboxylic acids is 1. The number of aromatic amines is 1. The summed E-state index contributed by atoms with van der Waals surface area (Å²) in [5.74, 6) is -0.319. The Balaban J connectivity index is 2.30. The van der Waals surface area contributed by atoms with Gasteiger partial charge in [-0.25, -0.2) is 13.2 Å². The quantitative estimate of drug-likeness (QED) is 0.706. The van der Waals surface area contributed by atoms with Gasteiger partial charge in [0, 0.05) is 6.20 Å². The van der Waals surface area contributed by atoms with Crippen LogP contribution in [0.4, 0.5) is 5.69 Å². The molecule has 2 aromatic rings. The molecule has 0 aliphatic carbocycles. The molecule has 0 saturated heterocycles. The molecule has 0 bridgehead atoms. The van der Waals surface area contributed by atoms with Crippen molar-refractivity contribution in [3.8, 4) is 0 Å². The number of aromatic nitrogens is 2. The van der Waals surface area contributed by atoms with Crippen LogP contribution in [-0.2, 0) is 27.1 Å². The van der Waals surface area contributed by atoms with Crippen molar-refractivity contribution in [3.05, 3.63) is 62.9 Å². The molecular formula is C13H13N3O5S. The minimum absolute atomic E-state index is 0.319. The maximum Gasteiger partial charge on any atom is 0.328 e. The van der Waals surface area contributed by atoms with E-state index in [-0.39, 0.29) is 11.4 Å². The average molecular weight is 323 g/mol. The third-order valence-electron chi connectivity index (χ3n) is 2.78. The van der Waals surface area contributed by atoms with Gasteiger partial charge in [-0.2, -0.15) is 0 Å². The zero-order valence-electron chi connectivity index (χ0n) is 11.4. The molecule has 0 atom stereocenters. The number of hydrogen-bond acceptors (Lipinski definition) is 5. The van der Waals surface area contributed by atoms with Crippen molar-refractivity contribution in [2.24, 2.45) is 0 Å². The number of hydrogen-bond donors (Lipinski definition) is 2. The highest BCUT2D eigenvalue weighted by Crippen LogP contribution is 2.08. The van der Waals surface area contributed by atoms with Crippen LogP contribution in [0, 0.1) is 0 Å². The molecule has 0 spiro atoms. The van der Waals surface area contributed by atoms with Crippen molar-refractivity contribution in [2.45, 2.75) is 12.3 Å². The number of benzene rings is 1. The number of nitrogens with one attached hydrogen (secondary N) is 2. The number of carbonyl (C=O) groups is 1. The minimum Gasteiger partial charge on any atom is -0.312 e. The molecule has 0 unspecified atom stereocenters. The summed E-state index contributed by atoms with van der Waals surface area (Å²) in [5, 5.41) is 0. The van der Waals surface area contributed by atoms with Crippen molar-refractivity contribution in [3.63, 3.8) is 0 Å². The first-order valence-corrected chi connectivity index (χ1v) is 7.89. The molecule has 0 fully saturated rings. The van der Waals surface area contributed by atoms with E-state index in [2.05, 4.69) is 9.71 Å². The third kappa shape index (κ3) is 3.70. The Morgan fingerprint density at radius 3 is 2.50 bits per heavy atom. The zero-order valence-corrected chi connectivity index (χ0v) is 12.2. The molecule has 0 saturated carbocycles. The Kier molecular flexibility index (Phi) is 4.56. The predicted molar refractivity (Wildman–Crippen MR) is 80.1 cm³/mol. The Labute approximate surface area is 125 Å². The van der Waals surface area contributed by atoms with Gasteiger partial charge >= 0.3 is 5.69 Å². The van der Waals surface area contributed by atoms with Gasteiger partial charge in [-0.1, -0.05) is 30.3 Å². The SMILES string of the molecule is O=CCn1c(=O)[nH]cc(NS(=O)(=O)Cc2ccccc2)c1=O. The van der Waals surface area contributed by atoms with Crippen molar-refractivity contribution >= 4 is 22.0 Å². The first-order valence-electron chi connectivity index (χ1n) is 6.23. The highest BCUT2D eigenvalue weighted by atomic mass is 32.2. The van der Waals surface area contributed by atoms with Crippen LogP contribution in [0.15, 0.2) is 46.1 Å². The number of H-pyrrole nitrogens is 1. The summed E-state index contributed by atoms with van der Waals surface area (Å²) in [6.45, 7) is -0.456. The van der Waals surface area contributed by atoms with Gasteiger partial charge in [-0.15, -0.1) is 0 Å². The van der Waals surface area contributed by atoms with Gasteiger partial charge in [0.1, 0.15) is 12.0 Å². The van der Waals surface area contributed by atoms with Crippen LogP contribution >= 0.6 is 0 Å². The van der Waals surface area contributed by atoms with Crippen molar-refractivity contribution in [1.29, 1.82) is 0 Å². The molecule has 0 amide bonds. The number of nitrogens with zero attached hydrogens (tertiary/aromatic N) is 1. The normalized spacial score (nSPS) is 11.1. The minimum atomic E-state index is -3.83. The topological polar surface area (TPSA) is 118 Å². The number of rotatable bonds is 6. The molecule has 8 nitrogen and oxygen atoms in total. The van der Waals surface area contributed by atoms with Crippen LogP contribution in [0.1, 0.15) is 5.56 Å². The standard InChI is InChI=1S/C13H13N3O5S/c17-7-6-16-12(18)11(8-14-13(16)19)15-22(20,21)9-10-4-2-1-3-5-10/h1-5,7-8,15H,6,9H2,(H,14,19). The zero-order chi connectivity index (χ0) is 16.2. The van der Waals surface area contributed by atoms with Crippen LogP contribution in [0.3, 0.4) is 0 Å². The highest BCUT2D eigenvalue weighted by molar-refractivity contribution is 7.91. The van der Waals surface area contributed by atoms with Crippen LogP contribution in [0.25, 0.3) is 0 Å². The lowest BCUT2D eigenvalue weighted by Gasteiger charge is -2.08. The second-order valence-corrected chi connectivity index (χ2v) is 6.16. The number of aldehydes is 1. The second-order valence-electron chi connectivity index (χ2n) is 4.44. The van der Waals surface area contributed by atoms with E-state index in [9.17, 15) is 22.8 Å². The van der Waals surface area contributed by atoms with Crippen molar-refractivity contribution in [1.82, 2.24) is 9.55 Å². The molecule has 1 aromatic carbocycles. The Hall–Kier alpha value is -2.68. The van der Waals surface area contributed by atoms with Gasteiger partial charge < -0.3 is 9.78 Å². The summed E-state index contributed by atoms with van der Waals surface area (Å²) in [5.41, 5.74) is -1.44. The first kappa shape index (κ1) is 15.7. The predicted octanol–water partition coefficient (Wildman–Crippen LogP) is -0.323. The Morgan fingerprint density at radius 2 is 1.86 bits per heavy atom. The summed E-state index contributed by atoms with van der Waals surface area (Å²) in [4.78, 5) is 36.0. The summed E-state index contributed by atoms with van der Waals surface area (Å²) in [7, 11) is -3.83. The van der Waals surface area contributed by atoms with E-state index in [1.165, 1.54) is 0 Å². The van der Waals surface area contributed by atoms with E-state index in [1.54, 1.807) is 30.3 Å². The Morgan fingerprint density at radius 1 is 1.18 bits per heavy atom. The summed E-state index contributed by atoms with van der Waals surface area (Å²) < 4.78 is 26.8. The van der Waals surface area contributed by atoms with E-state index >= 15 is 0 Å². The second kappa shape index (κ2) is 6.39. The van der Waals surface area contributed by atoms with E-state index in [0.717, 1.165) is 6.20 Å². The van der Waals surface area contributed by atoms with Crippen LogP contribution in [0.2, 0.25) is 0 Å². The largest absolute Gasteiger partial charge is 0.328 e. The van der Waals surface area contributed by atoms with Crippen LogP contribution < -0.4 is 16.0 Å². The molecule has 0 radical (unpaired) electrons. The van der Waals surface area contributed by atoms with Gasteiger partial charge in [0.05, 0.1) is 12.3 Å². The number of sulfonamides is 1. The lowest BCUT2D eigenvalue weighted by Crippen LogP contribution is -2.37. The van der Waals surface area contributed by atoms with E-state index in [4.69, 9.17) is 0 Å². The van der Waals surface area contributed by atoms with Crippen molar-refractivity contribution < 1.29 is 13.2 Å². The molecule has 0 aliphatic rings. The monoisotopic (exact) mass is 323 g/mol. The summed E-state index contributed by atoms with van der Waals surface area (Å²) in [6.07, 6.45) is 1.34. The lowest BCUT2D eigenvalue weighted by molar-refractivity contribution is -0.108. The van der Waals surface area contributed by atoms with Crippen molar-refractivity contribution in [2.75, 3.05) is 4.72 Å². The number of anilines is 1. The fourth-order valence-electron chi connectivity index (χ4n) is 1.82. The van der Waals surface area contributed by atoms with Gasteiger partial charge in [-0.3, -0.25) is 14.1 Å². The lowest BCUT2D eigenvalue weighted by atomic mass is 10.2. The molecule has 2 rings (SSSR count). The molecule has 0 aliphatic heterocycles. The van der Waals surface area contributed by atoms with E-state index < -0.39 is 27.8 Å². The molecular weight excluding hydrogens is 310 g/mol. The van der Waals surface area contributed by atoms with Crippen LogP contribution in [0.5, 0.6) is 0 Å². The molecule has 1 heterocycles. The van der Waals surface area contributed by atoms with Gasteiger partial charge in [0.25, 0.3) is 5.56 Å². The van der Waals surface area contributed by atoms with Crippen LogP contribution in [-0.4, -0.2) is 24.3 Å². The van der Waals surface area contributed by atoms with Gasteiger partial charge in [0.15, 0.2) is 0 Å². The molecule has 9 heteroatoms. The highest BCUT2D eigenvalue weighted by Gasteiger charge is 2.15. The molecule has 116 valence electrons. The fraction of sp³-hybridized carbons (Fsp3) is 0.154.